The van der Waals surface area contributed by atoms with E-state index in [0.29, 0.717) is 31.1 Å². The van der Waals surface area contributed by atoms with E-state index < -0.39 is 0 Å². The first-order valence-corrected chi connectivity index (χ1v) is 6.67. The minimum absolute atomic E-state index is 0.0408. The predicted molar refractivity (Wildman–Crippen MR) is 77.1 cm³/mol. The summed E-state index contributed by atoms with van der Waals surface area (Å²) in [5, 5.41) is 2.69. The van der Waals surface area contributed by atoms with Crippen LogP contribution in [0, 0.1) is 0 Å². The van der Waals surface area contributed by atoms with Crippen molar-refractivity contribution in [2.75, 3.05) is 38.3 Å². The van der Waals surface area contributed by atoms with Gasteiger partial charge >= 0.3 is 0 Å². The fourth-order valence-electron chi connectivity index (χ4n) is 2.04. The third kappa shape index (κ3) is 3.71. The molecule has 0 aromatic heterocycles. The van der Waals surface area contributed by atoms with Crippen molar-refractivity contribution >= 4 is 17.5 Å². The summed E-state index contributed by atoms with van der Waals surface area (Å²) >= 11 is 0. The number of amides is 2. The third-order valence-corrected chi connectivity index (χ3v) is 3.13. The number of nitrogens with one attached hydrogen (secondary N) is 1. The molecule has 0 bridgehead atoms. The molecule has 2 amide bonds. The van der Waals surface area contributed by atoms with Crippen molar-refractivity contribution in [1.82, 2.24) is 5.32 Å². The molecular weight excluding hydrogens is 274 g/mol. The van der Waals surface area contributed by atoms with Gasteiger partial charge in [0.15, 0.2) is 6.61 Å². The second kappa shape index (κ2) is 7.05. The summed E-state index contributed by atoms with van der Waals surface area (Å²) in [4.78, 5) is 25.2. The number of carbonyl (C=O) groups excluding carboxylic acids is 2. The van der Waals surface area contributed by atoms with Crippen molar-refractivity contribution in [1.29, 1.82) is 0 Å². The van der Waals surface area contributed by atoms with E-state index in [1.165, 1.54) is 4.90 Å². The van der Waals surface area contributed by atoms with E-state index in [1.807, 2.05) is 6.07 Å². The van der Waals surface area contributed by atoms with Crippen LogP contribution < -0.4 is 20.7 Å². The molecule has 1 aromatic carbocycles. The number of fused-ring (bicyclic) bond motifs is 1. The summed E-state index contributed by atoms with van der Waals surface area (Å²) in [6, 6.07) is 5.35. The Morgan fingerprint density at radius 1 is 1.52 bits per heavy atom. The molecule has 7 nitrogen and oxygen atoms in total. The molecule has 2 rings (SSSR count). The van der Waals surface area contributed by atoms with Gasteiger partial charge in [0, 0.05) is 20.2 Å². The smallest absolute Gasteiger partial charge is 0.265 e. The van der Waals surface area contributed by atoms with Crippen LogP contribution in [-0.4, -0.2) is 45.2 Å². The molecule has 114 valence electrons. The van der Waals surface area contributed by atoms with Crippen molar-refractivity contribution < 1.29 is 19.1 Å². The van der Waals surface area contributed by atoms with Crippen LogP contribution in [0.4, 0.5) is 5.69 Å². The topological polar surface area (TPSA) is 93.9 Å². The fourth-order valence-corrected chi connectivity index (χ4v) is 2.04. The van der Waals surface area contributed by atoms with Crippen LogP contribution in [0.1, 0.15) is 5.56 Å². The van der Waals surface area contributed by atoms with Gasteiger partial charge in [-0.15, -0.1) is 0 Å². The number of nitrogens with zero attached hydrogens (tertiary/aromatic N) is 1. The number of nitrogens with two attached hydrogens (primary N) is 1. The molecule has 7 heteroatoms. The fraction of sp³-hybridized carbons (Fsp3) is 0.429. The first-order valence-electron chi connectivity index (χ1n) is 6.67. The Labute approximate surface area is 123 Å². The number of carbonyl (C=O) groups is 2. The molecule has 1 heterocycles. The number of ether oxygens (including phenoxy) is 2. The van der Waals surface area contributed by atoms with Gasteiger partial charge in [-0.05, 0) is 17.7 Å². The van der Waals surface area contributed by atoms with E-state index in [4.69, 9.17) is 15.2 Å². The molecule has 0 unspecified atom stereocenters. The summed E-state index contributed by atoms with van der Waals surface area (Å²) in [6.07, 6.45) is 0. The van der Waals surface area contributed by atoms with E-state index in [0.717, 1.165) is 5.56 Å². The van der Waals surface area contributed by atoms with Crippen molar-refractivity contribution in [2.24, 2.45) is 5.73 Å². The molecule has 0 fully saturated rings. The van der Waals surface area contributed by atoms with Crippen molar-refractivity contribution in [2.45, 2.75) is 6.54 Å². The number of methoxy groups -OCH3 is 1. The highest BCUT2D eigenvalue weighted by atomic mass is 16.5. The molecule has 3 N–H and O–H groups in total. The summed E-state index contributed by atoms with van der Waals surface area (Å²) in [7, 11) is 1.56. The Kier molecular flexibility index (Phi) is 5.13. The zero-order valence-corrected chi connectivity index (χ0v) is 11.9. The van der Waals surface area contributed by atoms with Crippen molar-refractivity contribution in [3.8, 4) is 5.75 Å². The second-order valence-electron chi connectivity index (χ2n) is 4.62. The minimum atomic E-state index is -0.245. The van der Waals surface area contributed by atoms with Gasteiger partial charge in [-0.25, -0.2) is 0 Å². The number of benzene rings is 1. The number of anilines is 1. The van der Waals surface area contributed by atoms with Crippen LogP contribution >= 0.6 is 0 Å². The van der Waals surface area contributed by atoms with Crippen LogP contribution in [0.15, 0.2) is 18.2 Å². The van der Waals surface area contributed by atoms with E-state index in [1.54, 1.807) is 19.2 Å². The molecule has 1 aliphatic rings. The lowest BCUT2D eigenvalue weighted by Crippen LogP contribution is -2.45. The van der Waals surface area contributed by atoms with Gasteiger partial charge in [0.1, 0.15) is 12.3 Å². The minimum Gasteiger partial charge on any atom is -0.482 e. The number of hydrogen-bond acceptors (Lipinski definition) is 5. The maximum atomic E-state index is 11.9. The summed E-state index contributed by atoms with van der Waals surface area (Å²) in [5.74, 6) is 0.0864. The average molecular weight is 293 g/mol. The summed E-state index contributed by atoms with van der Waals surface area (Å²) < 4.78 is 10.2. The van der Waals surface area contributed by atoms with E-state index in [2.05, 4.69) is 5.32 Å². The van der Waals surface area contributed by atoms with Gasteiger partial charge in [0.2, 0.25) is 5.91 Å². The normalized spacial score (nSPS) is 13.6. The van der Waals surface area contributed by atoms with Crippen molar-refractivity contribution in [3.63, 3.8) is 0 Å². The lowest BCUT2D eigenvalue weighted by Gasteiger charge is -2.29. The quantitative estimate of drug-likeness (QED) is 0.698. The third-order valence-electron chi connectivity index (χ3n) is 3.13. The van der Waals surface area contributed by atoms with Crippen LogP contribution in [0.5, 0.6) is 5.75 Å². The lowest BCUT2D eigenvalue weighted by atomic mass is 10.1. The number of rotatable bonds is 6. The molecular formula is C14H19N3O4. The van der Waals surface area contributed by atoms with Crippen molar-refractivity contribution in [3.05, 3.63) is 23.8 Å². The Hall–Kier alpha value is -2.12. The van der Waals surface area contributed by atoms with E-state index in [-0.39, 0.29) is 25.0 Å². The predicted octanol–water partition coefficient (Wildman–Crippen LogP) is -0.367. The van der Waals surface area contributed by atoms with Gasteiger partial charge in [-0.2, -0.15) is 0 Å². The summed E-state index contributed by atoms with van der Waals surface area (Å²) in [5.41, 5.74) is 7.08. The largest absolute Gasteiger partial charge is 0.482 e. The molecule has 0 saturated heterocycles. The highest BCUT2D eigenvalue weighted by molar-refractivity contribution is 6.02. The molecule has 0 radical (unpaired) electrons. The standard InChI is InChI=1S/C14H19N3O4/c1-20-5-4-16-13(18)8-17-11-3-2-10(7-15)6-12(11)21-9-14(17)19/h2-3,6H,4-5,7-9,15H2,1H3,(H,16,18). The Morgan fingerprint density at radius 3 is 3.05 bits per heavy atom. The Balaban J connectivity index is 2.09. The maximum Gasteiger partial charge on any atom is 0.265 e. The first-order chi connectivity index (χ1) is 10.2. The molecule has 1 aromatic rings. The van der Waals surface area contributed by atoms with Gasteiger partial charge in [-0.1, -0.05) is 6.07 Å². The Morgan fingerprint density at radius 2 is 2.33 bits per heavy atom. The average Bonchev–Trinajstić information content (AvgIpc) is 2.50. The molecule has 0 aliphatic carbocycles. The molecule has 21 heavy (non-hydrogen) atoms. The van der Waals surface area contributed by atoms with Crippen LogP contribution in [-0.2, 0) is 20.9 Å². The highest BCUT2D eigenvalue weighted by Gasteiger charge is 2.27. The Bertz CT molecular complexity index is 533. The zero-order valence-electron chi connectivity index (χ0n) is 11.9. The molecule has 0 spiro atoms. The second-order valence-corrected chi connectivity index (χ2v) is 4.62. The van der Waals surface area contributed by atoms with Crippen LogP contribution in [0.25, 0.3) is 0 Å². The molecule has 0 atom stereocenters. The van der Waals surface area contributed by atoms with Gasteiger partial charge < -0.3 is 20.5 Å². The summed E-state index contributed by atoms with van der Waals surface area (Å²) in [6.45, 7) is 1.11. The van der Waals surface area contributed by atoms with Gasteiger partial charge in [0.05, 0.1) is 12.3 Å². The molecule has 1 aliphatic heterocycles. The first kappa shape index (κ1) is 15.3. The van der Waals surface area contributed by atoms with Crippen LogP contribution in [0.2, 0.25) is 0 Å². The van der Waals surface area contributed by atoms with Gasteiger partial charge in [0.25, 0.3) is 5.91 Å². The van der Waals surface area contributed by atoms with Crippen LogP contribution in [0.3, 0.4) is 0 Å². The van der Waals surface area contributed by atoms with E-state index in [9.17, 15) is 9.59 Å². The molecule has 0 saturated carbocycles. The van der Waals surface area contributed by atoms with Gasteiger partial charge in [-0.3, -0.25) is 14.5 Å². The number of hydrogen-bond donors (Lipinski definition) is 2. The van der Waals surface area contributed by atoms with E-state index >= 15 is 0 Å². The zero-order chi connectivity index (χ0) is 15.2. The highest BCUT2D eigenvalue weighted by Crippen LogP contribution is 2.32. The maximum absolute atomic E-state index is 11.9. The SMILES string of the molecule is COCCNC(=O)CN1C(=O)COc2cc(CN)ccc21. The lowest BCUT2D eigenvalue weighted by molar-refractivity contribution is -0.125. The monoisotopic (exact) mass is 293 g/mol.